The molecule has 0 amide bonds. The number of aromatic nitrogens is 3. The molecule has 2 N–H and O–H groups in total. The zero-order chi connectivity index (χ0) is 12.3. The summed E-state index contributed by atoms with van der Waals surface area (Å²) in [6, 6.07) is 7.75. The van der Waals surface area contributed by atoms with Crippen molar-refractivity contribution in [1.82, 2.24) is 14.8 Å². The van der Waals surface area contributed by atoms with Crippen molar-refractivity contribution in [2.24, 2.45) is 5.73 Å². The van der Waals surface area contributed by atoms with Gasteiger partial charge in [0, 0.05) is 18.7 Å². The van der Waals surface area contributed by atoms with Crippen LogP contribution in [0.15, 0.2) is 24.3 Å². The van der Waals surface area contributed by atoms with Gasteiger partial charge in [0.05, 0.1) is 7.11 Å². The molecule has 0 aliphatic heterocycles. The van der Waals surface area contributed by atoms with E-state index in [4.69, 9.17) is 10.5 Å². The molecule has 90 valence electrons. The summed E-state index contributed by atoms with van der Waals surface area (Å²) < 4.78 is 7.14. The van der Waals surface area contributed by atoms with Crippen LogP contribution in [0, 0.1) is 6.92 Å². The van der Waals surface area contributed by atoms with Gasteiger partial charge in [0.15, 0.2) is 5.82 Å². The number of aryl methyl sites for hydroxylation is 1. The van der Waals surface area contributed by atoms with Crippen LogP contribution in [0.2, 0.25) is 0 Å². The Morgan fingerprint density at radius 3 is 2.53 bits per heavy atom. The molecule has 1 aromatic carbocycles. The fourth-order valence-electron chi connectivity index (χ4n) is 1.73. The van der Waals surface area contributed by atoms with E-state index in [-0.39, 0.29) is 0 Å². The normalized spacial score (nSPS) is 10.5. The number of methoxy groups -OCH3 is 1. The summed E-state index contributed by atoms with van der Waals surface area (Å²) in [6.07, 6.45) is 0. The third-order valence-electron chi connectivity index (χ3n) is 2.64. The molecule has 0 aliphatic rings. The number of benzene rings is 1. The smallest absolute Gasteiger partial charge is 0.163 e. The first-order valence-corrected chi connectivity index (χ1v) is 5.50. The van der Waals surface area contributed by atoms with Gasteiger partial charge in [-0.05, 0) is 31.2 Å². The molecule has 0 saturated carbocycles. The summed E-state index contributed by atoms with van der Waals surface area (Å²) in [7, 11) is 1.65. The highest BCUT2D eigenvalue weighted by atomic mass is 16.5. The van der Waals surface area contributed by atoms with E-state index in [1.54, 1.807) is 7.11 Å². The predicted octanol–water partition coefficient (Wildman–Crippen LogP) is 1.22. The molecule has 2 rings (SSSR count). The highest BCUT2D eigenvalue weighted by Gasteiger charge is 2.10. The third kappa shape index (κ3) is 2.29. The van der Waals surface area contributed by atoms with E-state index < -0.39 is 0 Å². The molecule has 5 heteroatoms. The zero-order valence-corrected chi connectivity index (χ0v) is 10.1. The van der Waals surface area contributed by atoms with Gasteiger partial charge in [-0.25, -0.2) is 0 Å². The van der Waals surface area contributed by atoms with E-state index in [1.807, 2.05) is 35.8 Å². The van der Waals surface area contributed by atoms with Crippen LogP contribution in [0.3, 0.4) is 0 Å². The maximum atomic E-state index is 5.58. The van der Waals surface area contributed by atoms with Crippen LogP contribution < -0.4 is 10.5 Å². The number of rotatable bonds is 4. The largest absolute Gasteiger partial charge is 0.497 e. The fourth-order valence-corrected chi connectivity index (χ4v) is 1.73. The lowest BCUT2D eigenvalue weighted by atomic mass is 10.2. The van der Waals surface area contributed by atoms with Gasteiger partial charge in [0.25, 0.3) is 0 Å². The topological polar surface area (TPSA) is 66.0 Å². The molecule has 0 fully saturated rings. The second-order valence-corrected chi connectivity index (χ2v) is 3.74. The fraction of sp³-hybridized carbons (Fsp3) is 0.333. The number of nitrogens with zero attached hydrogens (tertiary/aromatic N) is 3. The van der Waals surface area contributed by atoms with E-state index in [1.165, 1.54) is 0 Å². The molecular formula is C12H16N4O. The maximum absolute atomic E-state index is 5.58. The van der Waals surface area contributed by atoms with Gasteiger partial charge >= 0.3 is 0 Å². The van der Waals surface area contributed by atoms with Gasteiger partial charge in [0.1, 0.15) is 11.6 Å². The highest BCUT2D eigenvalue weighted by molar-refractivity contribution is 5.56. The van der Waals surface area contributed by atoms with Crippen molar-refractivity contribution in [2.75, 3.05) is 13.7 Å². The van der Waals surface area contributed by atoms with Crippen molar-refractivity contribution in [3.8, 4) is 17.1 Å². The first-order chi connectivity index (χ1) is 8.26. The van der Waals surface area contributed by atoms with Crippen LogP contribution in [-0.4, -0.2) is 28.4 Å². The molecule has 0 unspecified atom stereocenters. The van der Waals surface area contributed by atoms with Gasteiger partial charge in [0.2, 0.25) is 0 Å². The summed E-state index contributed by atoms with van der Waals surface area (Å²) in [5, 5.41) is 8.26. The minimum absolute atomic E-state index is 0.571. The minimum Gasteiger partial charge on any atom is -0.497 e. The molecule has 0 saturated heterocycles. The monoisotopic (exact) mass is 232 g/mol. The zero-order valence-electron chi connectivity index (χ0n) is 10.1. The van der Waals surface area contributed by atoms with Crippen LogP contribution in [0.4, 0.5) is 0 Å². The minimum atomic E-state index is 0.571. The summed E-state index contributed by atoms with van der Waals surface area (Å²) in [5.41, 5.74) is 6.60. The summed E-state index contributed by atoms with van der Waals surface area (Å²) in [5.74, 6) is 2.55. The van der Waals surface area contributed by atoms with Crippen LogP contribution in [0.1, 0.15) is 5.82 Å². The molecule has 2 aromatic rings. The SMILES string of the molecule is COc1ccc(-c2nnc(C)n2CCN)cc1. The van der Waals surface area contributed by atoms with Gasteiger partial charge in [-0.2, -0.15) is 0 Å². The first-order valence-electron chi connectivity index (χ1n) is 5.50. The van der Waals surface area contributed by atoms with Crippen LogP contribution in [0.5, 0.6) is 5.75 Å². The standard InChI is InChI=1S/C12H16N4O/c1-9-14-15-12(16(9)8-7-13)10-3-5-11(17-2)6-4-10/h3-6H,7-8,13H2,1-2H3. The summed E-state index contributed by atoms with van der Waals surface area (Å²) >= 11 is 0. The lowest BCUT2D eigenvalue weighted by Gasteiger charge is -2.07. The van der Waals surface area contributed by atoms with Crippen molar-refractivity contribution < 1.29 is 4.74 Å². The molecule has 0 radical (unpaired) electrons. The average Bonchev–Trinajstić information content (AvgIpc) is 2.72. The van der Waals surface area contributed by atoms with Crippen LogP contribution in [0.25, 0.3) is 11.4 Å². The summed E-state index contributed by atoms with van der Waals surface area (Å²) in [4.78, 5) is 0. The van der Waals surface area contributed by atoms with Crippen molar-refractivity contribution in [3.05, 3.63) is 30.1 Å². The Hall–Kier alpha value is -1.88. The predicted molar refractivity (Wildman–Crippen MR) is 65.8 cm³/mol. The molecule has 0 atom stereocenters. The number of hydrogen-bond acceptors (Lipinski definition) is 4. The molecule has 0 bridgehead atoms. The highest BCUT2D eigenvalue weighted by Crippen LogP contribution is 2.21. The molecular weight excluding hydrogens is 216 g/mol. The third-order valence-corrected chi connectivity index (χ3v) is 2.64. The number of ether oxygens (including phenoxy) is 1. The van der Waals surface area contributed by atoms with Gasteiger partial charge in [-0.1, -0.05) is 0 Å². The quantitative estimate of drug-likeness (QED) is 0.860. The Bertz CT molecular complexity index is 490. The molecule has 1 aromatic heterocycles. The first kappa shape index (κ1) is 11.6. The Balaban J connectivity index is 2.38. The molecule has 0 spiro atoms. The molecule has 0 aliphatic carbocycles. The van der Waals surface area contributed by atoms with E-state index in [0.29, 0.717) is 6.54 Å². The van der Waals surface area contributed by atoms with Gasteiger partial charge in [-0.3, -0.25) is 0 Å². The van der Waals surface area contributed by atoms with Crippen molar-refractivity contribution in [3.63, 3.8) is 0 Å². The van der Waals surface area contributed by atoms with Crippen LogP contribution >= 0.6 is 0 Å². The second-order valence-electron chi connectivity index (χ2n) is 3.74. The van der Waals surface area contributed by atoms with E-state index in [9.17, 15) is 0 Å². The van der Waals surface area contributed by atoms with Crippen molar-refractivity contribution >= 4 is 0 Å². The Morgan fingerprint density at radius 1 is 1.24 bits per heavy atom. The molecule has 1 heterocycles. The number of nitrogens with two attached hydrogens (primary N) is 1. The Kier molecular flexibility index (Phi) is 3.39. The van der Waals surface area contributed by atoms with E-state index in [2.05, 4.69) is 10.2 Å². The van der Waals surface area contributed by atoms with E-state index in [0.717, 1.165) is 29.5 Å². The Labute approximate surface area is 100 Å². The molecule has 5 nitrogen and oxygen atoms in total. The second kappa shape index (κ2) is 4.97. The average molecular weight is 232 g/mol. The van der Waals surface area contributed by atoms with Gasteiger partial charge < -0.3 is 15.0 Å². The maximum Gasteiger partial charge on any atom is 0.163 e. The lowest BCUT2D eigenvalue weighted by molar-refractivity contribution is 0.415. The molecule has 17 heavy (non-hydrogen) atoms. The Morgan fingerprint density at radius 2 is 1.94 bits per heavy atom. The lowest BCUT2D eigenvalue weighted by Crippen LogP contribution is -2.12. The van der Waals surface area contributed by atoms with Gasteiger partial charge in [-0.15, -0.1) is 10.2 Å². The van der Waals surface area contributed by atoms with Crippen LogP contribution in [-0.2, 0) is 6.54 Å². The van der Waals surface area contributed by atoms with Crippen molar-refractivity contribution in [2.45, 2.75) is 13.5 Å². The van der Waals surface area contributed by atoms with E-state index >= 15 is 0 Å². The summed E-state index contributed by atoms with van der Waals surface area (Å²) in [6.45, 7) is 3.22. The van der Waals surface area contributed by atoms with Crippen molar-refractivity contribution in [1.29, 1.82) is 0 Å². The number of hydrogen-bond donors (Lipinski definition) is 1.